The molecule has 0 spiro atoms. The third-order valence-corrected chi connectivity index (χ3v) is 12.8. The second kappa shape index (κ2) is 16.9. The number of carboxylic acids is 1. The highest BCUT2D eigenvalue weighted by Crippen LogP contribution is 2.36. The van der Waals surface area contributed by atoms with E-state index >= 15 is 0 Å². The van der Waals surface area contributed by atoms with Crippen LogP contribution in [0.5, 0.6) is 0 Å². The van der Waals surface area contributed by atoms with E-state index < -0.39 is 32.2 Å². The van der Waals surface area contributed by atoms with Gasteiger partial charge in [0.2, 0.25) is 20.0 Å². The van der Waals surface area contributed by atoms with E-state index in [1.807, 2.05) is 26.8 Å². The zero-order valence-corrected chi connectivity index (χ0v) is 33.5. The van der Waals surface area contributed by atoms with E-state index in [4.69, 9.17) is 30.4 Å². The van der Waals surface area contributed by atoms with Crippen molar-refractivity contribution in [2.75, 3.05) is 11.5 Å². The van der Waals surface area contributed by atoms with Crippen LogP contribution in [0.3, 0.4) is 0 Å². The van der Waals surface area contributed by atoms with E-state index in [0.717, 1.165) is 73.8 Å². The first-order valence-corrected chi connectivity index (χ1v) is 21.0. The van der Waals surface area contributed by atoms with Gasteiger partial charge in [-0.2, -0.15) is 13.2 Å². The summed E-state index contributed by atoms with van der Waals surface area (Å²) in [6.45, 7) is 9.05. The Morgan fingerprint density at radius 3 is 1.61 bits per heavy atom. The van der Waals surface area contributed by atoms with Crippen LogP contribution in [0.2, 0.25) is 0 Å². The highest BCUT2D eigenvalue weighted by Gasteiger charge is 2.38. The van der Waals surface area contributed by atoms with E-state index in [2.05, 4.69) is 29.7 Å². The number of anilines is 2. The Bertz CT molecular complexity index is 2440. The maximum Gasteiger partial charge on any atom is 0.490 e. The van der Waals surface area contributed by atoms with Crippen molar-refractivity contribution < 1.29 is 49.0 Å². The fraction of sp³-hybridized carbons (Fsp3) is 0.444. The average Bonchev–Trinajstić information content (AvgIpc) is 3.96. The number of nitrogens with two attached hydrogens (primary N) is 2. The van der Waals surface area contributed by atoms with Crippen LogP contribution in [0.4, 0.5) is 24.5 Å². The molecule has 0 aliphatic heterocycles. The Balaban J connectivity index is 0.000000187. The standard InChI is InChI=1S/C18H22N4O3S.C16H22N4O3S.C2HF3O2/c1-10-17(11(2)25-21-10)13-8-15-18(20-12(3)19-15)16(9-13)26(23,24)22-14-6-4-5-7-14;1-9-15(10(2)23-19-9)11-7-13(17)16(18)14(8-11)24(21,22)20-12-5-3-4-6-12;3-2(4,5)1(6)7/h8-9,14,22H,4-7H2,1-3H3,(H,19,20);7-8,12,20H,3-6,17-18H2,1-2H3;(H,6,7). The number of nitrogen functional groups attached to an aromatic ring is 2. The van der Waals surface area contributed by atoms with Gasteiger partial charge in [0.1, 0.15) is 32.7 Å². The maximum atomic E-state index is 13.1. The van der Waals surface area contributed by atoms with Crippen LogP contribution < -0.4 is 20.9 Å². The maximum absolute atomic E-state index is 13.1. The SMILES string of the molecule is Cc1nc2c(S(=O)(=O)NC3CCCC3)cc(-c3c(C)noc3C)cc2[nH]1.Cc1noc(C)c1-c1cc(N)c(N)c(S(=O)(=O)NC2CCCC2)c1.O=C(O)C(F)(F)F. The van der Waals surface area contributed by atoms with Crippen LogP contribution >= 0.6 is 0 Å². The van der Waals surface area contributed by atoms with E-state index in [9.17, 15) is 30.0 Å². The van der Waals surface area contributed by atoms with Crippen molar-refractivity contribution in [3.05, 3.63) is 53.0 Å². The Morgan fingerprint density at radius 2 is 1.19 bits per heavy atom. The fourth-order valence-corrected chi connectivity index (χ4v) is 10.0. The molecule has 3 heterocycles. The van der Waals surface area contributed by atoms with E-state index in [1.54, 1.807) is 26.0 Å². The number of H-pyrrole nitrogens is 1. The zero-order valence-electron chi connectivity index (χ0n) is 31.9. The van der Waals surface area contributed by atoms with Crippen molar-refractivity contribution in [1.82, 2.24) is 29.7 Å². The van der Waals surface area contributed by atoms with Crippen molar-refractivity contribution in [1.29, 1.82) is 0 Å². The number of aliphatic carboxylic acids is 1. The Kier molecular flexibility index (Phi) is 12.8. The quantitative estimate of drug-likeness (QED) is 0.0933. The molecular formula is C36H45F3N8O8S2. The lowest BCUT2D eigenvalue weighted by atomic mass is 10.0. The summed E-state index contributed by atoms with van der Waals surface area (Å²) < 4.78 is 99.5. The molecule has 0 amide bonds. The number of nitrogens with one attached hydrogen (secondary N) is 3. The predicted octanol–water partition coefficient (Wildman–Crippen LogP) is 6.34. The first-order chi connectivity index (χ1) is 26.6. The zero-order chi connectivity index (χ0) is 42.0. The molecule has 2 aromatic carbocycles. The van der Waals surface area contributed by atoms with Crippen molar-refractivity contribution in [2.24, 2.45) is 0 Å². The number of nitrogens with zero attached hydrogens (tertiary/aromatic N) is 3. The molecule has 8 N–H and O–H groups in total. The summed E-state index contributed by atoms with van der Waals surface area (Å²) in [5.41, 5.74) is 17.7. The lowest BCUT2D eigenvalue weighted by Gasteiger charge is -2.16. The van der Waals surface area contributed by atoms with Crippen molar-refractivity contribution in [3.8, 4) is 22.3 Å². The largest absolute Gasteiger partial charge is 0.490 e. The summed E-state index contributed by atoms with van der Waals surface area (Å²) in [6.07, 6.45) is 2.55. The molecule has 21 heteroatoms. The minimum absolute atomic E-state index is 0.00203. The minimum atomic E-state index is -5.08. The molecule has 3 aromatic heterocycles. The first-order valence-electron chi connectivity index (χ1n) is 18.0. The van der Waals surface area contributed by atoms with E-state index in [-0.39, 0.29) is 33.2 Å². The summed E-state index contributed by atoms with van der Waals surface area (Å²) >= 11 is 0. The molecular weight excluding hydrogens is 794 g/mol. The van der Waals surface area contributed by atoms with Crippen LogP contribution in [-0.4, -0.2) is 66.5 Å². The molecule has 0 atom stereocenters. The van der Waals surface area contributed by atoms with Crippen molar-refractivity contribution in [2.45, 2.75) is 114 Å². The molecule has 0 radical (unpaired) electrons. The molecule has 310 valence electrons. The van der Waals surface area contributed by atoms with Crippen LogP contribution in [0.1, 0.15) is 80.1 Å². The number of hydrogen-bond donors (Lipinski definition) is 6. The number of rotatable bonds is 8. The third kappa shape index (κ3) is 9.94. The molecule has 5 aromatic rings. The molecule has 7 rings (SSSR count). The molecule has 0 unspecified atom stereocenters. The van der Waals surface area contributed by atoms with Gasteiger partial charge in [-0.15, -0.1) is 0 Å². The number of hydrogen-bond acceptors (Lipinski definition) is 12. The van der Waals surface area contributed by atoms with Crippen molar-refractivity contribution in [3.63, 3.8) is 0 Å². The van der Waals surface area contributed by atoms with Gasteiger partial charge >= 0.3 is 12.1 Å². The number of aromatic amines is 1. The summed E-state index contributed by atoms with van der Waals surface area (Å²) in [4.78, 5) is 16.7. The number of aryl methyl sites for hydroxylation is 5. The predicted molar refractivity (Wildman–Crippen MR) is 205 cm³/mol. The highest BCUT2D eigenvalue weighted by atomic mass is 32.2. The minimum Gasteiger partial charge on any atom is -0.475 e. The van der Waals surface area contributed by atoms with Crippen LogP contribution in [-0.2, 0) is 24.8 Å². The monoisotopic (exact) mass is 838 g/mol. The molecule has 57 heavy (non-hydrogen) atoms. The second-order valence-corrected chi connectivity index (χ2v) is 17.4. The van der Waals surface area contributed by atoms with Gasteiger partial charge in [-0.25, -0.2) is 36.1 Å². The fourth-order valence-electron chi connectivity index (χ4n) is 7.02. The lowest BCUT2D eigenvalue weighted by molar-refractivity contribution is -0.192. The van der Waals surface area contributed by atoms with Gasteiger partial charge in [0.15, 0.2) is 0 Å². The number of alkyl halides is 3. The van der Waals surface area contributed by atoms with Crippen LogP contribution in [0, 0.1) is 34.6 Å². The van der Waals surface area contributed by atoms with Crippen LogP contribution in [0.25, 0.3) is 33.3 Å². The number of aromatic nitrogens is 4. The number of fused-ring (bicyclic) bond motifs is 1. The number of carbonyl (C=O) groups is 1. The molecule has 16 nitrogen and oxygen atoms in total. The smallest absolute Gasteiger partial charge is 0.475 e. The molecule has 2 fully saturated rings. The number of halogens is 3. The normalized spacial score (nSPS) is 15.4. The second-order valence-electron chi connectivity index (χ2n) is 14.1. The molecule has 0 bridgehead atoms. The summed E-state index contributed by atoms with van der Waals surface area (Å²) in [7, 11) is -7.42. The van der Waals surface area contributed by atoms with E-state index in [1.165, 1.54) is 6.07 Å². The Hall–Kier alpha value is -4.99. The summed E-state index contributed by atoms with van der Waals surface area (Å²) in [5.74, 6) is -0.824. The number of sulfonamides is 2. The molecule has 2 aliphatic carbocycles. The number of carboxylic acid groups (broad SMARTS) is 1. The van der Waals surface area contributed by atoms with Gasteiger partial charge in [-0.1, -0.05) is 36.0 Å². The molecule has 2 saturated carbocycles. The number of imidazole rings is 1. The first kappa shape index (κ1) is 43.1. The molecule has 2 aliphatic rings. The Labute approximate surface area is 327 Å². The lowest BCUT2D eigenvalue weighted by Crippen LogP contribution is -2.33. The van der Waals surface area contributed by atoms with Gasteiger partial charge in [0.25, 0.3) is 0 Å². The Morgan fingerprint density at radius 1 is 0.772 bits per heavy atom. The van der Waals surface area contributed by atoms with Crippen molar-refractivity contribution >= 4 is 48.4 Å². The van der Waals surface area contributed by atoms with Gasteiger partial charge in [-0.05, 0) is 95.7 Å². The summed E-state index contributed by atoms with van der Waals surface area (Å²) in [5, 5.41) is 15.0. The van der Waals surface area contributed by atoms with Gasteiger partial charge in [-0.3, -0.25) is 0 Å². The third-order valence-electron chi connectivity index (χ3n) is 9.66. The summed E-state index contributed by atoms with van der Waals surface area (Å²) in [6, 6.07) is 6.71. The topological polar surface area (TPSA) is 262 Å². The average molecular weight is 839 g/mol. The number of benzene rings is 2. The molecule has 0 saturated heterocycles. The van der Waals surface area contributed by atoms with Gasteiger partial charge in [0.05, 0.1) is 28.3 Å². The van der Waals surface area contributed by atoms with E-state index in [0.29, 0.717) is 39.6 Å². The highest BCUT2D eigenvalue weighted by molar-refractivity contribution is 7.90. The van der Waals surface area contributed by atoms with Gasteiger partial charge in [0, 0.05) is 23.2 Å². The van der Waals surface area contributed by atoms with Crippen LogP contribution in [0.15, 0.2) is 43.1 Å². The van der Waals surface area contributed by atoms with Gasteiger partial charge < -0.3 is 30.6 Å².